The number of carbonyl (C=O) groups is 2. The Morgan fingerprint density at radius 3 is 2.19 bits per heavy atom. The van der Waals surface area contributed by atoms with Gasteiger partial charge in [-0.2, -0.15) is 0 Å². The highest BCUT2D eigenvalue weighted by Gasteiger charge is 2.34. The minimum absolute atomic E-state index is 0.00821. The largest absolute Gasteiger partial charge is 0.494 e. The van der Waals surface area contributed by atoms with Crippen LogP contribution in [0.5, 0.6) is 5.75 Å². The molecule has 248 valence electrons. The second-order valence-corrected chi connectivity index (χ2v) is 13.6. The lowest BCUT2D eigenvalue weighted by Gasteiger charge is -2.34. The maximum atomic E-state index is 14.6. The van der Waals surface area contributed by atoms with Gasteiger partial charge in [0.2, 0.25) is 11.8 Å². The Morgan fingerprint density at radius 2 is 1.55 bits per heavy atom. The molecular formula is C37H42ClN3O5S. The van der Waals surface area contributed by atoms with Crippen molar-refractivity contribution in [2.75, 3.05) is 24.0 Å². The quantitative estimate of drug-likeness (QED) is 0.132. The van der Waals surface area contributed by atoms with Gasteiger partial charge in [-0.3, -0.25) is 13.9 Å². The van der Waals surface area contributed by atoms with Crippen molar-refractivity contribution in [1.82, 2.24) is 10.2 Å². The number of ether oxygens (including phenoxy) is 1. The van der Waals surface area contributed by atoms with Gasteiger partial charge in [-0.1, -0.05) is 85.1 Å². The number of nitrogens with zero attached hydrogens (tertiary/aromatic N) is 2. The lowest BCUT2D eigenvalue weighted by atomic mass is 10.0. The Labute approximate surface area is 283 Å². The van der Waals surface area contributed by atoms with Crippen LogP contribution in [0.3, 0.4) is 0 Å². The van der Waals surface area contributed by atoms with Gasteiger partial charge in [0, 0.05) is 24.5 Å². The first-order chi connectivity index (χ1) is 22.6. The number of benzene rings is 4. The molecule has 8 nitrogen and oxygen atoms in total. The number of hydrogen-bond donors (Lipinski definition) is 1. The van der Waals surface area contributed by atoms with Crippen molar-refractivity contribution in [3.63, 3.8) is 0 Å². The van der Waals surface area contributed by atoms with Gasteiger partial charge >= 0.3 is 0 Å². The normalized spacial score (nSPS) is 11.8. The Bertz CT molecular complexity index is 1720. The molecule has 0 aromatic heterocycles. The second kappa shape index (κ2) is 17.0. The molecule has 0 unspecified atom stereocenters. The van der Waals surface area contributed by atoms with Gasteiger partial charge in [0.05, 0.1) is 17.2 Å². The van der Waals surface area contributed by atoms with E-state index in [0.29, 0.717) is 35.2 Å². The lowest BCUT2D eigenvalue weighted by molar-refractivity contribution is -0.140. The fourth-order valence-electron chi connectivity index (χ4n) is 5.13. The third-order valence-electron chi connectivity index (χ3n) is 7.67. The summed E-state index contributed by atoms with van der Waals surface area (Å²) >= 11 is 6.32. The molecular weight excluding hydrogens is 634 g/mol. The van der Waals surface area contributed by atoms with Gasteiger partial charge in [0.25, 0.3) is 10.0 Å². The highest BCUT2D eigenvalue weighted by Crippen LogP contribution is 2.27. The fourth-order valence-corrected chi connectivity index (χ4v) is 6.76. The van der Waals surface area contributed by atoms with Crippen molar-refractivity contribution < 1.29 is 22.7 Å². The number of amides is 2. The summed E-state index contributed by atoms with van der Waals surface area (Å²) in [4.78, 5) is 29.9. The summed E-state index contributed by atoms with van der Waals surface area (Å²) in [5, 5.41) is 3.48. The fraction of sp³-hybridized carbons (Fsp3) is 0.297. The molecule has 0 saturated heterocycles. The van der Waals surface area contributed by atoms with E-state index in [9.17, 15) is 18.0 Å². The van der Waals surface area contributed by atoms with Crippen LogP contribution in [0.4, 0.5) is 5.69 Å². The first-order valence-electron chi connectivity index (χ1n) is 15.8. The zero-order valence-corrected chi connectivity index (χ0v) is 28.6. The van der Waals surface area contributed by atoms with Gasteiger partial charge in [0.15, 0.2) is 0 Å². The first-order valence-corrected chi connectivity index (χ1v) is 17.6. The van der Waals surface area contributed by atoms with E-state index in [1.54, 1.807) is 54.6 Å². The van der Waals surface area contributed by atoms with Crippen molar-refractivity contribution in [3.8, 4) is 5.75 Å². The average molecular weight is 676 g/mol. The molecule has 0 bridgehead atoms. The summed E-state index contributed by atoms with van der Waals surface area (Å²) in [7, 11) is -4.22. The van der Waals surface area contributed by atoms with Gasteiger partial charge in [-0.15, -0.1) is 0 Å². The molecule has 0 aliphatic carbocycles. The molecule has 0 saturated carbocycles. The van der Waals surface area contributed by atoms with Crippen LogP contribution in [0.1, 0.15) is 43.4 Å². The predicted octanol–water partition coefficient (Wildman–Crippen LogP) is 6.80. The van der Waals surface area contributed by atoms with E-state index in [1.807, 2.05) is 57.2 Å². The van der Waals surface area contributed by atoms with Crippen molar-refractivity contribution in [1.29, 1.82) is 0 Å². The zero-order valence-electron chi connectivity index (χ0n) is 27.1. The minimum atomic E-state index is -4.22. The van der Waals surface area contributed by atoms with E-state index in [2.05, 4.69) is 5.32 Å². The topological polar surface area (TPSA) is 96.0 Å². The van der Waals surface area contributed by atoms with Gasteiger partial charge in [-0.25, -0.2) is 8.42 Å². The first kappa shape index (κ1) is 35.5. The number of rotatable bonds is 16. The number of nitrogens with one attached hydrogen (secondary N) is 1. The van der Waals surface area contributed by atoms with E-state index < -0.39 is 28.5 Å². The van der Waals surface area contributed by atoms with Crippen molar-refractivity contribution >= 4 is 39.1 Å². The van der Waals surface area contributed by atoms with Crippen molar-refractivity contribution in [3.05, 3.63) is 125 Å². The molecule has 0 heterocycles. The summed E-state index contributed by atoms with van der Waals surface area (Å²) in [5.74, 6) is -0.310. The zero-order chi connectivity index (χ0) is 33.8. The average Bonchev–Trinajstić information content (AvgIpc) is 3.06. The molecule has 10 heteroatoms. The van der Waals surface area contributed by atoms with E-state index in [4.69, 9.17) is 16.3 Å². The second-order valence-electron chi connectivity index (χ2n) is 11.3. The molecule has 1 atom stereocenters. The Morgan fingerprint density at radius 1 is 0.872 bits per heavy atom. The molecule has 47 heavy (non-hydrogen) atoms. The summed E-state index contributed by atoms with van der Waals surface area (Å²) in [6.07, 6.45) is 1.92. The van der Waals surface area contributed by atoms with Gasteiger partial charge in [0.1, 0.15) is 18.3 Å². The number of anilines is 1. The summed E-state index contributed by atoms with van der Waals surface area (Å²) < 4.78 is 35.1. The molecule has 0 fully saturated rings. The highest BCUT2D eigenvalue weighted by atomic mass is 35.5. The number of hydrogen-bond acceptors (Lipinski definition) is 5. The van der Waals surface area contributed by atoms with E-state index in [-0.39, 0.29) is 23.8 Å². The molecule has 0 aliphatic heterocycles. The smallest absolute Gasteiger partial charge is 0.264 e. The SMILES string of the molecule is CCCCNC(=O)[C@@H](Cc1ccccc1)N(Cc1cccc(Cl)c1)C(=O)CN(c1ccc(C)cc1)S(=O)(=O)c1ccc(OCC)cc1. The maximum Gasteiger partial charge on any atom is 0.264 e. The van der Waals surface area contributed by atoms with Crippen LogP contribution in [0, 0.1) is 6.92 Å². The Balaban J connectivity index is 1.78. The Hall–Kier alpha value is -4.34. The summed E-state index contributed by atoms with van der Waals surface area (Å²) in [6.45, 7) is 6.19. The lowest BCUT2D eigenvalue weighted by Crippen LogP contribution is -2.53. The van der Waals surface area contributed by atoms with Crippen LogP contribution in [-0.4, -0.2) is 50.9 Å². The van der Waals surface area contributed by atoms with Crippen LogP contribution < -0.4 is 14.4 Å². The molecule has 0 spiro atoms. The number of sulfonamides is 1. The molecule has 4 rings (SSSR count). The number of carbonyl (C=O) groups excluding carboxylic acids is 2. The molecule has 4 aromatic carbocycles. The summed E-state index contributed by atoms with van der Waals surface area (Å²) in [5.41, 5.74) is 2.84. The third-order valence-corrected chi connectivity index (χ3v) is 9.69. The number of unbranched alkanes of at least 4 members (excludes halogenated alkanes) is 1. The Kier molecular flexibility index (Phi) is 12.8. The monoisotopic (exact) mass is 675 g/mol. The minimum Gasteiger partial charge on any atom is -0.494 e. The molecule has 0 radical (unpaired) electrons. The van der Waals surface area contributed by atoms with Crippen LogP contribution in [0.25, 0.3) is 0 Å². The predicted molar refractivity (Wildman–Crippen MR) is 187 cm³/mol. The van der Waals surface area contributed by atoms with Crippen LogP contribution >= 0.6 is 11.6 Å². The van der Waals surface area contributed by atoms with E-state index in [0.717, 1.165) is 28.3 Å². The van der Waals surface area contributed by atoms with E-state index >= 15 is 0 Å². The van der Waals surface area contributed by atoms with Crippen LogP contribution in [0.15, 0.2) is 108 Å². The summed E-state index contributed by atoms with van der Waals surface area (Å²) in [6, 6.07) is 28.7. The molecule has 1 N–H and O–H groups in total. The molecule has 4 aromatic rings. The highest BCUT2D eigenvalue weighted by molar-refractivity contribution is 7.92. The van der Waals surface area contributed by atoms with Crippen LogP contribution in [-0.2, 0) is 32.6 Å². The van der Waals surface area contributed by atoms with Gasteiger partial charge < -0.3 is 15.0 Å². The molecule has 0 aliphatic rings. The number of aryl methyl sites for hydroxylation is 1. The van der Waals surface area contributed by atoms with Gasteiger partial charge in [-0.05, 0) is 79.9 Å². The molecule has 2 amide bonds. The standard InChI is InChI=1S/C37H42ClN3O5S/c1-4-6-23-39-37(43)35(25-29-11-8-7-9-12-29)40(26-30-13-10-14-31(38)24-30)36(42)27-41(32-17-15-28(3)16-18-32)47(44,45)34-21-19-33(20-22-34)46-5-2/h7-22,24,35H,4-6,23,25-27H2,1-3H3,(H,39,43)/t35-/m1/s1. The maximum absolute atomic E-state index is 14.6. The van der Waals surface area contributed by atoms with E-state index in [1.165, 1.54) is 17.0 Å². The van der Waals surface area contributed by atoms with Crippen LogP contribution in [0.2, 0.25) is 5.02 Å². The van der Waals surface area contributed by atoms with Crippen molar-refractivity contribution in [2.45, 2.75) is 57.5 Å². The number of halogens is 1. The van der Waals surface area contributed by atoms with Crippen molar-refractivity contribution in [2.24, 2.45) is 0 Å². The third kappa shape index (κ3) is 9.83.